The molecule has 4 heterocycles. The summed E-state index contributed by atoms with van der Waals surface area (Å²) >= 11 is 0. The SMILES string of the molecule is Cc1ccc(NC(=O)c2cccc(C(C)(C)C#N)c2)cc1Nc1cc(CN2CCOCC2)nn1-c1cc(NCCN2CCOCC2)ncn1. The molecular weight excluding hydrogens is 620 g/mol. The number of nitrogens with one attached hydrogen (secondary N) is 3. The third-order valence-corrected chi connectivity index (χ3v) is 8.84. The molecule has 0 aliphatic carbocycles. The minimum Gasteiger partial charge on any atom is -0.379 e. The average molecular weight is 665 g/mol. The lowest BCUT2D eigenvalue weighted by atomic mass is 9.85. The third-order valence-electron chi connectivity index (χ3n) is 8.84. The average Bonchev–Trinajstić information content (AvgIpc) is 3.52. The summed E-state index contributed by atoms with van der Waals surface area (Å²) in [5.41, 5.74) is 3.91. The number of carbonyl (C=O) groups excluding carboxylic acids is 1. The number of nitrogens with zero attached hydrogens (tertiary/aromatic N) is 7. The van der Waals surface area contributed by atoms with Crippen LogP contribution >= 0.6 is 0 Å². The fourth-order valence-electron chi connectivity index (χ4n) is 5.78. The zero-order valence-corrected chi connectivity index (χ0v) is 28.4. The first-order chi connectivity index (χ1) is 23.8. The van der Waals surface area contributed by atoms with Crippen molar-refractivity contribution in [1.29, 1.82) is 5.26 Å². The van der Waals surface area contributed by atoms with Crippen LogP contribution in [0.4, 0.5) is 23.0 Å². The molecule has 0 bridgehead atoms. The molecule has 3 N–H and O–H groups in total. The van der Waals surface area contributed by atoms with E-state index in [1.54, 1.807) is 29.2 Å². The Labute approximate surface area is 287 Å². The summed E-state index contributed by atoms with van der Waals surface area (Å²) in [6, 6.07) is 19.2. The van der Waals surface area contributed by atoms with Gasteiger partial charge in [-0.25, -0.2) is 9.97 Å². The van der Waals surface area contributed by atoms with Crippen LogP contribution in [0.15, 0.2) is 60.9 Å². The van der Waals surface area contributed by atoms with Crippen molar-refractivity contribution in [3.63, 3.8) is 0 Å². The van der Waals surface area contributed by atoms with E-state index < -0.39 is 5.41 Å². The van der Waals surface area contributed by atoms with Crippen LogP contribution in [-0.2, 0) is 21.4 Å². The fraction of sp³-hybridized carbons (Fsp3) is 0.417. The molecule has 0 atom stereocenters. The smallest absolute Gasteiger partial charge is 0.255 e. The van der Waals surface area contributed by atoms with Gasteiger partial charge in [-0.2, -0.15) is 15.0 Å². The molecule has 2 aromatic carbocycles. The van der Waals surface area contributed by atoms with Gasteiger partial charge in [-0.3, -0.25) is 14.6 Å². The highest BCUT2D eigenvalue weighted by atomic mass is 16.5. The van der Waals surface area contributed by atoms with Gasteiger partial charge in [0.25, 0.3) is 5.91 Å². The van der Waals surface area contributed by atoms with Crippen molar-refractivity contribution in [3.05, 3.63) is 83.3 Å². The summed E-state index contributed by atoms with van der Waals surface area (Å²) in [7, 11) is 0. The van der Waals surface area contributed by atoms with Crippen LogP contribution in [0.3, 0.4) is 0 Å². The van der Waals surface area contributed by atoms with E-state index in [0.717, 1.165) is 86.6 Å². The molecule has 13 nitrogen and oxygen atoms in total. The van der Waals surface area contributed by atoms with Gasteiger partial charge in [0.05, 0.1) is 43.6 Å². The summed E-state index contributed by atoms with van der Waals surface area (Å²) in [4.78, 5) is 27.0. The normalized spacial score (nSPS) is 15.8. The van der Waals surface area contributed by atoms with Crippen molar-refractivity contribution >= 4 is 28.9 Å². The van der Waals surface area contributed by atoms with Gasteiger partial charge in [0.15, 0.2) is 5.82 Å². The van der Waals surface area contributed by atoms with Crippen molar-refractivity contribution in [2.45, 2.75) is 32.7 Å². The Morgan fingerprint density at radius 2 is 1.71 bits per heavy atom. The second-order valence-corrected chi connectivity index (χ2v) is 12.9. The standard InChI is InChI=1S/C36H44N10O3/c1-26-7-8-29(41-35(47)27-5-4-6-28(19-27)36(2,3)24-37)20-31(26)42-34-21-30(23-45-13-17-49-18-14-45)43-46(34)33-22-32(39-25-40-33)38-9-10-44-11-15-48-16-12-44/h4-8,19-22,25,42H,9-18,23H2,1-3H3,(H,41,47)(H,38,39,40). The zero-order valence-electron chi connectivity index (χ0n) is 28.4. The number of rotatable bonds is 12. The van der Waals surface area contributed by atoms with E-state index in [-0.39, 0.29) is 5.91 Å². The Balaban J connectivity index is 1.22. The van der Waals surface area contributed by atoms with Crippen LogP contribution in [-0.4, -0.2) is 101 Å². The van der Waals surface area contributed by atoms with E-state index in [1.165, 1.54) is 0 Å². The summed E-state index contributed by atoms with van der Waals surface area (Å²) in [5.74, 6) is 1.83. The second-order valence-electron chi connectivity index (χ2n) is 12.9. The quantitative estimate of drug-likeness (QED) is 0.199. The van der Waals surface area contributed by atoms with Crippen LogP contribution in [0.5, 0.6) is 0 Å². The first kappa shape index (κ1) is 34.0. The highest BCUT2D eigenvalue weighted by Gasteiger charge is 2.21. The predicted molar refractivity (Wildman–Crippen MR) is 188 cm³/mol. The lowest BCUT2D eigenvalue weighted by Gasteiger charge is -2.26. The van der Waals surface area contributed by atoms with Crippen molar-refractivity contribution < 1.29 is 14.3 Å². The third kappa shape index (κ3) is 8.79. The number of morpholine rings is 2. The molecular formula is C36H44N10O3. The Kier molecular flexibility index (Phi) is 10.8. The lowest BCUT2D eigenvalue weighted by Crippen LogP contribution is -2.39. The molecule has 256 valence electrons. The molecule has 2 aliphatic heterocycles. The monoisotopic (exact) mass is 664 g/mol. The number of ether oxygens (including phenoxy) is 2. The van der Waals surface area contributed by atoms with E-state index in [4.69, 9.17) is 14.6 Å². The van der Waals surface area contributed by atoms with Gasteiger partial charge in [0.1, 0.15) is 18.0 Å². The topological polar surface area (TPSA) is 145 Å². The molecule has 2 saturated heterocycles. The predicted octanol–water partition coefficient (Wildman–Crippen LogP) is 4.34. The number of amides is 1. The maximum atomic E-state index is 13.3. The molecule has 1 amide bonds. The van der Waals surface area contributed by atoms with E-state index in [9.17, 15) is 10.1 Å². The van der Waals surface area contributed by atoms with Crippen molar-refractivity contribution in [3.8, 4) is 11.9 Å². The van der Waals surface area contributed by atoms with Crippen molar-refractivity contribution in [2.75, 3.05) is 81.6 Å². The van der Waals surface area contributed by atoms with Gasteiger partial charge >= 0.3 is 0 Å². The summed E-state index contributed by atoms with van der Waals surface area (Å²) < 4.78 is 12.8. The van der Waals surface area contributed by atoms with Crippen LogP contribution in [0.1, 0.15) is 41.0 Å². The van der Waals surface area contributed by atoms with Crippen LogP contribution in [0.2, 0.25) is 0 Å². The number of aromatic nitrogens is 4. The molecule has 2 aromatic heterocycles. The Bertz CT molecular complexity index is 1790. The Hall–Kier alpha value is -4.87. The fourth-order valence-corrected chi connectivity index (χ4v) is 5.78. The van der Waals surface area contributed by atoms with E-state index in [1.807, 2.05) is 57.2 Å². The minimum absolute atomic E-state index is 0.252. The molecule has 0 unspecified atom stereocenters. The number of nitriles is 1. The van der Waals surface area contributed by atoms with Gasteiger partial charge in [0.2, 0.25) is 0 Å². The van der Waals surface area contributed by atoms with Crippen molar-refractivity contribution in [1.82, 2.24) is 29.5 Å². The molecule has 2 aliphatic rings. The number of benzene rings is 2. The number of carbonyl (C=O) groups is 1. The Morgan fingerprint density at radius 1 is 0.959 bits per heavy atom. The Morgan fingerprint density at radius 3 is 2.47 bits per heavy atom. The molecule has 0 saturated carbocycles. The maximum Gasteiger partial charge on any atom is 0.255 e. The lowest BCUT2D eigenvalue weighted by molar-refractivity contribution is 0.0336. The van der Waals surface area contributed by atoms with Gasteiger partial charge in [-0.05, 0) is 56.2 Å². The highest BCUT2D eigenvalue weighted by Crippen LogP contribution is 2.28. The van der Waals surface area contributed by atoms with Gasteiger partial charge in [-0.1, -0.05) is 18.2 Å². The van der Waals surface area contributed by atoms with Crippen LogP contribution in [0.25, 0.3) is 5.82 Å². The molecule has 2 fully saturated rings. The molecule has 0 spiro atoms. The minimum atomic E-state index is -0.704. The number of hydrogen-bond acceptors (Lipinski definition) is 11. The highest BCUT2D eigenvalue weighted by molar-refractivity contribution is 6.04. The number of hydrogen-bond donors (Lipinski definition) is 3. The summed E-state index contributed by atoms with van der Waals surface area (Å²) in [5, 5.41) is 24.6. The van der Waals surface area contributed by atoms with E-state index in [0.29, 0.717) is 36.8 Å². The molecule has 6 rings (SSSR count). The molecule has 4 aromatic rings. The van der Waals surface area contributed by atoms with Crippen molar-refractivity contribution in [2.24, 2.45) is 0 Å². The second kappa shape index (κ2) is 15.6. The van der Waals surface area contributed by atoms with E-state index >= 15 is 0 Å². The van der Waals surface area contributed by atoms with E-state index in [2.05, 4.69) is 41.8 Å². The summed E-state index contributed by atoms with van der Waals surface area (Å²) in [6.45, 7) is 14.5. The number of anilines is 4. The molecule has 0 radical (unpaired) electrons. The number of aryl methyl sites for hydroxylation is 1. The van der Waals surface area contributed by atoms with Crippen LogP contribution in [0, 0.1) is 18.3 Å². The van der Waals surface area contributed by atoms with Gasteiger partial charge in [0, 0.05) is 74.9 Å². The van der Waals surface area contributed by atoms with Crippen LogP contribution < -0.4 is 16.0 Å². The first-order valence-electron chi connectivity index (χ1n) is 16.7. The molecule has 13 heteroatoms. The summed E-state index contributed by atoms with van der Waals surface area (Å²) in [6.07, 6.45) is 1.55. The first-order valence-corrected chi connectivity index (χ1v) is 16.7. The van der Waals surface area contributed by atoms with Gasteiger partial charge < -0.3 is 25.4 Å². The van der Waals surface area contributed by atoms with Gasteiger partial charge in [-0.15, -0.1) is 0 Å². The molecule has 49 heavy (non-hydrogen) atoms. The largest absolute Gasteiger partial charge is 0.379 e. The maximum absolute atomic E-state index is 13.3. The zero-order chi connectivity index (χ0) is 34.2.